The average molecular weight is 492 g/mol. The third-order valence-electron chi connectivity index (χ3n) is 3.79. The van der Waals surface area contributed by atoms with E-state index in [-0.39, 0.29) is 23.9 Å². The number of aryl methyl sites for hydroxylation is 3. The topological polar surface area (TPSA) is 129 Å². The molecule has 0 fully saturated rings. The standard InChI is InChI=1S/C9H10N2O.C8H8N2O.C4H6NO.C4H3N.CH4O/c1-6-5-11(4)9(7(2)12)8(6)10-3;1-5-4-10-8(6(2)11)7(5)9-3;1-4(6)3-5-2;1-2-3-4-5;1-2/h5H,1-2,4H3;4,10H,1-2H3;2H,3H2,1H3;1H3;2H,1H3/q;;+1;;. The molecule has 2 heterocycles. The summed E-state index contributed by atoms with van der Waals surface area (Å²) in [4.78, 5) is 44.2. The van der Waals surface area contributed by atoms with Gasteiger partial charge in [-0.05, 0) is 58.1 Å². The lowest BCUT2D eigenvalue weighted by atomic mass is 10.2. The summed E-state index contributed by atoms with van der Waals surface area (Å²) in [5.41, 5.74) is 3.52. The van der Waals surface area contributed by atoms with E-state index < -0.39 is 0 Å². The largest absolute Gasteiger partial charge is 0.400 e. The molecule has 0 aliphatic carbocycles. The van der Waals surface area contributed by atoms with Crippen molar-refractivity contribution >= 4 is 28.7 Å². The van der Waals surface area contributed by atoms with E-state index >= 15 is 0 Å². The van der Waals surface area contributed by atoms with Crippen LogP contribution >= 0.6 is 0 Å². The zero-order valence-electron chi connectivity index (χ0n) is 21.8. The van der Waals surface area contributed by atoms with Gasteiger partial charge in [-0.15, -0.1) is 0 Å². The number of aliphatic hydroxyl groups is 1. The number of hydrogen-bond acceptors (Lipinski definition) is 5. The van der Waals surface area contributed by atoms with E-state index in [1.54, 1.807) is 43.9 Å². The molecule has 2 aromatic rings. The van der Waals surface area contributed by atoms with Gasteiger partial charge in [0.1, 0.15) is 0 Å². The number of carbonyl (C=O) groups excluding carboxylic acids is 3. The first kappa shape index (κ1) is 35.6. The van der Waals surface area contributed by atoms with Crippen LogP contribution in [0, 0.1) is 56.7 Å². The van der Waals surface area contributed by atoms with E-state index in [0.717, 1.165) is 18.2 Å². The molecule has 0 radical (unpaired) electrons. The molecular weight excluding hydrogens is 460 g/mol. The molecule has 10 nitrogen and oxygen atoms in total. The smallest absolute Gasteiger partial charge is 0.320 e. The van der Waals surface area contributed by atoms with E-state index in [1.807, 2.05) is 6.92 Å². The molecule has 0 aliphatic heterocycles. The number of hydrogen-bond donors (Lipinski definition) is 2. The van der Waals surface area contributed by atoms with Crippen LogP contribution in [0.4, 0.5) is 11.4 Å². The third-order valence-corrected chi connectivity index (χ3v) is 3.79. The minimum atomic E-state index is -0.0934. The fourth-order valence-corrected chi connectivity index (χ4v) is 2.44. The van der Waals surface area contributed by atoms with Crippen LogP contribution in [0.25, 0.3) is 14.5 Å². The number of ketones is 3. The fraction of sp³-hybridized carbons (Fsp3) is 0.346. The highest BCUT2D eigenvalue weighted by atomic mass is 16.2. The van der Waals surface area contributed by atoms with Crippen molar-refractivity contribution in [1.82, 2.24) is 9.55 Å². The van der Waals surface area contributed by atoms with Gasteiger partial charge >= 0.3 is 6.54 Å². The number of nitrogens with zero attached hydrogens (tertiary/aromatic N) is 5. The van der Waals surface area contributed by atoms with Crippen LogP contribution in [0.3, 0.4) is 0 Å². The van der Waals surface area contributed by atoms with E-state index in [4.69, 9.17) is 23.5 Å². The second-order valence-corrected chi connectivity index (χ2v) is 6.68. The van der Waals surface area contributed by atoms with Crippen LogP contribution in [0.15, 0.2) is 12.4 Å². The first-order valence-corrected chi connectivity index (χ1v) is 10.2. The summed E-state index contributed by atoms with van der Waals surface area (Å²) in [6.07, 6.45) is 3.47. The number of aliphatic hydroxyl groups excluding tert-OH is 1. The number of aromatic amines is 1. The van der Waals surface area contributed by atoms with Gasteiger partial charge in [-0.25, -0.2) is 9.69 Å². The monoisotopic (exact) mass is 491 g/mol. The van der Waals surface area contributed by atoms with Gasteiger partial charge in [0, 0.05) is 27.0 Å². The van der Waals surface area contributed by atoms with Gasteiger partial charge in [0.05, 0.1) is 24.5 Å². The Morgan fingerprint density at radius 3 is 1.83 bits per heavy atom. The normalized spacial score (nSPS) is 7.69. The maximum atomic E-state index is 11.1. The minimum absolute atomic E-state index is 0.00231. The number of nitriles is 1. The van der Waals surface area contributed by atoms with E-state index in [1.165, 1.54) is 20.8 Å². The zero-order chi connectivity index (χ0) is 28.8. The van der Waals surface area contributed by atoms with Gasteiger partial charge in [0.2, 0.25) is 17.2 Å². The number of aromatic nitrogens is 2. The molecule has 0 spiro atoms. The number of rotatable bonds is 3. The first-order chi connectivity index (χ1) is 16.9. The summed E-state index contributed by atoms with van der Waals surface area (Å²) in [6.45, 7) is 28.1. The van der Waals surface area contributed by atoms with Crippen LogP contribution in [0.1, 0.15) is 59.8 Å². The lowest BCUT2D eigenvalue weighted by Gasteiger charge is -1.97. The Labute approximate surface area is 212 Å². The molecule has 36 heavy (non-hydrogen) atoms. The van der Waals surface area contributed by atoms with Crippen molar-refractivity contribution in [2.45, 2.75) is 41.5 Å². The van der Waals surface area contributed by atoms with Gasteiger partial charge in [-0.3, -0.25) is 14.4 Å². The average Bonchev–Trinajstić information content (AvgIpc) is 3.34. The molecule has 10 heteroatoms. The molecule has 0 aromatic carbocycles. The quantitative estimate of drug-likeness (QED) is 0.360. The van der Waals surface area contributed by atoms with Crippen molar-refractivity contribution in [3.8, 4) is 24.5 Å². The molecule has 0 aliphatic rings. The lowest BCUT2D eigenvalue weighted by Crippen LogP contribution is -2.00. The summed E-state index contributed by atoms with van der Waals surface area (Å²) in [7, 11) is 2.78. The van der Waals surface area contributed by atoms with Crippen LogP contribution < -0.4 is 0 Å². The first-order valence-electron chi connectivity index (χ1n) is 10.2. The summed E-state index contributed by atoms with van der Waals surface area (Å²) in [5, 5.41) is 14.6. The zero-order valence-corrected chi connectivity index (χ0v) is 21.8. The maximum absolute atomic E-state index is 11.1. The number of carbonyl (C=O) groups is 3. The Morgan fingerprint density at radius 2 is 1.61 bits per heavy atom. The summed E-state index contributed by atoms with van der Waals surface area (Å²) < 4.78 is 1.70. The fourth-order valence-electron chi connectivity index (χ4n) is 2.44. The predicted octanol–water partition coefficient (Wildman–Crippen LogP) is 4.84. The Morgan fingerprint density at radius 1 is 1.08 bits per heavy atom. The van der Waals surface area contributed by atoms with Gasteiger partial charge in [-0.1, -0.05) is 10.8 Å². The van der Waals surface area contributed by atoms with E-state index in [0.29, 0.717) is 22.8 Å². The Hall–Kier alpha value is -4.95. The van der Waals surface area contributed by atoms with Crippen molar-refractivity contribution in [1.29, 1.82) is 5.26 Å². The minimum Gasteiger partial charge on any atom is -0.400 e. The molecule has 0 saturated heterocycles. The van der Waals surface area contributed by atoms with Crippen molar-refractivity contribution in [3.05, 3.63) is 62.6 Å². The van der Waals surface area contributed by atoms with Gasteiger partial charge in [-0.2, -0.15) is 5.26 Å². The molecule has 0 atom stereocenters. The second-order valence-electron chi connectivity index (χ2n) is 6.68. The number of Topliss-reactive ketones (excluding diaryl/α,β-unsaturated/α-hetero) is 3. The SMILES string of the molecule is C#[N+]CC(C)=O.CC#CC#N.CO.[C-]#[N+]c1c(C)c[nH]c1C(C)=O.[C-]#[N+]c1c(C)cn(C)c1C(C)=O. The predicted molar refractivity (Wildman–Crippen MR) is 139 cm³/mol. The van der Waals surface area contributed by atoms with Crippen molar-refractivity contribution in [2.75, 3.05) is 13.7 Å². The van der Waals surface area contributed by atoms with Gasteiger partial charge in [0.25, 0.3) is 6.57 Å². The second kappa shape index (κ2) is 20.6. The number of nitrogens with one attached hydrogen (secondary N) is 1. The Bertz CT molecular complexity index is 1260. The molecule has 2 rings (SSSR count). The Kier molecular flexibility index (Phi) is 20.4. The van der Waals surface area contributed by atoms with Crippen molar-refractivity contribution in [2.24, 2.45) is 7.05 Å². The molecule has 0 amide bonds. The Balaban J connectivity index is -0.000000417. The summed E-state index contributed by atoms with van der Waals surface area (Å²) in [5.74, 6) is 4.42. The molecule has 0 saturated carbocycles. The summed E-state index contributed by atoms with van der Waals surface area (Å²) >= 11 is 0. The molecule has 2 N–H and O–H groups in total. The van der Waals surface area contributed by atoms with E-state index in [2.05, 4.69) is 37.9 Å². The molecule has 188 valence electrons. The molecule has 0 bridgehead atoms. The maximum Gasteiger partial charge on any atom is 0.320 e. The van der Waals surface area contributed by atoms with Crippen LogP contribution in [-0.4, -0.2) is 45.7 Å². The lowest BCUT2D eigenvalue weighted by molar-refractivity contribution is -0.115. The van der Waals surface area contributed by atoms with Crippen LogP contribution in [0.5, 0.6) is 0 Å². The van der Waals surface area contributed by atoms with E-state index in [9.17, 15) is 14.4 Å². The van der Waals surface area contributed by atoms with Gasteiger partial charge < -0.3 is 14.7 Å². The number of H-pyrrole nitrogens is 1. The molecule has 2 aromatic heterocycles. The van der Waals surface area contributed by atoms with Crippen LogP contribution in [0.2, 0.25) is 0 Å². The highest BCUT2D eigenvalue weighted by molar-refractivity contribution is 5.99. The summed E-state index contributed by atoms with van der Waals surface area (Å²) in [6, 6.07) is 1.66. The highest BCUT2D eigenvalue weighted by Crippen LogP contribution is 2.25. The van der Waals surface area contributed by atoms with Crippen molar-refractivity contribution < 1.29 is 19.5 Å². The molecule has 0 unspecified atom stereocenters. The van der Waals surface area contributed by atoms with Gasteiger partial charge in [0.15, 0.2) is 17.6 Å². The third kappa shape index (κ3) is 13.6. The van der Waals surface area contributed by atoms with Crippen LogP contribution in [-0.2, 0) is 11.8 Å². The highest BCUT2D eigenvalue weighted by Gasteiger charge is 2.14. The van der Waals surface area contributed by atoms with Crippen molar-refractivity contribution in [3.63, 3.8) is 0 Å². The molecular formula is C26H31N6O4+.